The molecule has 0 amide bonds. The Bertz CT molecular complexity index is 569. The molecule has 0 fully saturated rings. The summed E-state index contributed by atoms with van der Waals surface area (Å²) in [4.78, 5) is 11.0. The van der Waals surface area contributed by atoms with Gasteiger partial charge in [-0.05, 0) is 43.5 Å². The topological polar surface area (TPSA) is 43.1 Å². The second kappa shape index (κ2) is 7.77. The van der Waals surface area contributed by atoms with E-state index in [-0.39, 0.29) is 20.3 Å². The molecule has 0 aliphatic heterocycles. The van der Waals surface area contributed by atoms with Crippen molar-refractivity contribution in [2.75, 3.05) is 6.29 Å². The summed E-state index contributed by atoms with van der Waals surface area (Å²) in [6.45, 7) is 3.96. The summed E-state index contributed by atoms with van der Waals surface area (Å²) < 4.78 is 0. The van der Waals surface area contributed by atoms with Gasteiger partial charge in [-0.2, -0.15) is 0 Å². The zero-order valence-electron chi connectivity index (χ0n) is 13.3. The van der Waals surface area contributed by atoms with E-state index in [9.17, 15) is 4.79 Å². The van der Waals surface area contributed by atoms with Gasteiger partial charge in [0.15, 0.2) is 6.29 Å². The number of hydrogen-bond donors (Lipinski definition) is 1. The largest absolute Gasteiger partial charge is 1.00 e. The fourth-order valence-corrected chi connectivity index (χ4v) is 4.21. The summed E-state index contributed by atoms with van der Waals surface area (Å²) in [6, 6.07) is 14.5. The molecule has 2 nitrogen and oxygen atoms in total. The smallest absolute Gasteiger partial charge is 1.00 e. The van der Waals surface area contributed by atoms with Crippen molar-refractivity contribution in [1.82, 2.24) is 0 Å². The van der Waals surface area contributed by atoms with Crippen LogP contribution in [0.2, 0.25) is 0 Å². The number of hydrogen-bond acceptors (Lipinski definition) is 2. The van der Waals surface area contributed by atoms with Gasteiger partial charge in [-0.25, -0.2) is 0 Å². The van der Waals surface area contributed by atoms with Crippen LogP contribution in [0.15, 0.2) is 42.5 Å². The molecule has 4 heteroatoms. The summed E-state index contributed by atoms with van der Waals surface area (Å²) in [5.74, 6) is 0. The average molecular weight is 279 g/mol. The van der Waals surface area contributed by atoms with Crippen LogP contribution < -0.4 is 35.2 Å². The molecule has 0 saturated heterocycles. The van der Waals surface area contributed by atoms with Gasteiger partial charge in [0.25, 0.3) is 0 Å². The van der Waals surface area contributed by atoms with Crippen molar-refractivity contribution in [3.8, 4) is 0 Å². The van der Waals surface area contributed by atoms with Crippen LogP contribution in [0.5, 0.6) is 0 Å². The second-order valence-corrected chi connectivity index (χ2v) is 6.81. The molecule has 2 N–H and O–H groups in total. The van der Waals surface area contributed by atoms with Crippen LogP contribution in [-0.4, -0.2) is 12.6 Å². The van der Waals surface area contributed by atoms with E-state index in [0.29, 0.717) is 6.29 Å². The van der Waals surface area contributed by atoms with Gasteiger partial charge in [-0.3, -0.25) is 4.79 Å². The molecule has 100 valence electrons. The summed E-state index contributed by atoms with van der Waals surface area (Å²) in [5, 5.41) is 2.52. The van der Waals surface area contributed by atoms with E-state index in [1.54, 1.807) is 0 Å². The van der Waals surface area contributed by atoms with Crippen molar-refractivity contribution < 1.29 is 25.1 Å². The minimum Gasteiger partial charge on any atom is -1.00 e. The number of aldehydes is 1. The van der Waals surface area contributed by atoms with Crippen LogP contribution in [0.25, 0.3) is 0 Å². The van der Waals surface area contributed by atoms with Crippen LogP contribution in [0.3, 0.4) is 0 Å². The first-order chi connectivity index (χ1) is 9.17. The zero-order chi connectivity index (χ0) is 13.8. The molecule has 2 aromatic rings. The summed E-state index contributed by atoms with van der Waals surface area (Å²) >= 11 is 0. The van der Waals surface area contributed by atoms with Gasteiger partial charge in [0.05, 0.1) is 0 Å². The number of nitrogens with two attached hydrogens (primary N) is 1. The van der Waals surface area contributed by atoms with Crippen molar-refractivity contribution in [2.45, 2.75) is 13.8 Å². The predicted octanol–water partition coefficient (Wildman–Crippen LogP) is -0.419. The second-order valence-electron chi connectivity index (χ2n) is 4.56. The molecule has 0 saturated carbocycles. The molecule has 0 aliphatic rings. The van der Waals surface area contributed by atoms with Crippen molar-refractivity contribution in [2.24, 2.45) is 5.73 Å². The molecule has 0 aliphatic carbocycles. The molecule has 1 unspecified atom stereocenters. The summed E-state index contributed by atoms with van der Waals surface area (Å²) in [6.07, 6.45) is 1.56. The van der Waals surface area contributed by atoms with E-state index in [1.165, 1.54) is 10.6 Å². The molecule has 0 bridgehead atoms. The number of carbonyl (C=O) groups is 1. The normalized spacial score (nSPS) is 11.6. The number of benzene rings is 2. The molecule has 0 radical (unpaired) electrons. The van der Waals surface area contributed by atoms with E-state index in [0.717, 1.165) is 23.0 Å². The fraction of sp³-hybridized carbons (Fsp3) is 0.188. The Morgan fingerprint density at radius 1 is 1.10 bits per heavy atom. The Morgan fingerprint density at radius 2 is 1.65 bits per heavy atom. The molecule has 2 rings (SSSR count). The van der Waals surface area contributed by atoms with Gasteiger partial charge in [-0.15, -0.1) is 0 Å². The first-order valence-corrected chi connectivity index (χ1v) is 7.79. The van der Waals surface area contributed by atoms with Crippen LogP contribution >= 0.6 is 7.92 Å². The number of rotatable bonds is 4. The third-order valence-electron chi connectivity index (χ3n) is 3.26. The molecule has 0 spiro atoms. The van der Waals surface area contributed by atoms with Crippen LogP contribution in [0.4, 0.5) is 0 Å². The van der Waals surface area contributed by atoms with Crippen molar-refractivity contribution >= 4 is 24.8 Å². The van der Waals surface area contributed by atoms with Gasteiger partial charge in [0, 0.05) is 11.8 Å². The quantitative estimate of drug-likeness (QED) is 0.469. The number of aryl methyl sites for hydroxylation is 2. The van der Waals surface area contributed by atoms with Gasteiger partial charge in [-0.1, -0.05) is 42.5 Å². The molecule has 0 aromatic heterocycles. The third-order valence-corrected chi connectivity index (χ3v) is 5.43. The zero-order valence-corrected chi connectivity index (χ0v) is 13.2. The molecular formula is C16H19LiNOP. The SMILES string of the molecule is Cc1cc(P(CN)c2ccccc2)cc(C)c1C=O.[H-].[Li+]. The van der Waals surface area contributed by atoms with Crippen LogP contribution in [0.1, 0.15) is 22.9 Å². The van der Waals surface area contributed by atoms with Gasteiger partial charge >= 0.3 is 18.9 Å². The van der Waals surface area contributed by atoms with E-state index in [1.807, 2.05) is 32.0 Å². The summed E-state index contributed by atoms with van der Waals surface area (Å²) in [7, 11) is -0.537. The Balaban J connectivity index is 0.00000200. The van der Waals surface area contributed by atoms with E-state index < -0.39 is 7.92 Å². The minimum absolute atomic E-state index is 0. The van der Waals surface area contributed by atoms with Gasteiger partial charge in [0.2, 0.25) is 0 Å². The Kier molecular flexibility index (Phi) is 6.66. The van der Waals surface area contributed by atoms with E-state index >= 15 is 0 Å². The van der Waals surface area contributed by atoms with E-state index in [2.05, 4.69) is 24.3 Å². The van der Waals surface area contributed by atoms with Crippen LogP contribution in [-0.2, 0) is 0 Å². The molecule has 1 atom stereocenters. The Hall–Kier alpha value is -0.903. The predicted molar refractivity (Wildman–Crippen MR) is 84.1 cm³/mol. The average Bonchev–Trinajstić information content (AvgIpc) is 2.40. The Labute approximate surface area is 135 Å². The Morgan fingerprint density at radius 3 is 2.10 bits per heavy atom. The van der Waals surface area contributed by atoms with Crippen LogP contribution in [0, 0.1) is 13.8 Å². The molecular weight excluding hydrogens is 260 g/mol. The maximum Gasteiger partial charge on any atom is 1.00 e. The summed E-state index contributed by atoms with van der Waals surface area (Å²) in [5.41, 5.74) is 8.82. The molecule has 2 aromatic carbocycles. The standard InChI is InChI=1S/C16H18NOP.Li.H/c1-12-8-15(9-13(2)16(12)10-18)19(11-17)14-6-4-3-5-7-14;;/h3-10H,11,17H2,1-2H3;;/q;+1;-1. The third kappa shape index (κ3) is 3.60. The maximum atomic E-state index is 11.0. The van der Waals surface area contributed by atoms with Crippen molar-refractivity contribution in [3.05, 3.63) is 59.2 Å². The van der Waals surface area contributed by atoms with Crippen molar-refractivity contribution in [3.63, 3.8) is 0 Å². The van der Waals surface area contributed by atoms with Gasteiger partial charge < -0.3 is 7.16 Å². The van der Waals surface area contributed by atoms with Crippen molar-refractivity contribution in [1.29, 1.82) is 0 Å². The molecule has 20 heavy (non-hydrogen) atoms. The first-order valence-electron chi connectivity index (χ1n) is 6.26. The first kappa shape index (κ1) is 17.1. The van der Waals surface area contributed by atoms with E-state index in [4.69, 9.17) is 5.73 Å². The van der Waals surface area contributed by atoms with Gasteiger partial charge in [0.1, 0.15) is 0 Å². The monoisotopic (exact) mass is 279 g/mol. The minimum atomic E-state index is -0.537. The fourth-order valence-electron chi connectivity index (χ4n) is 2.26. The number of carbonyl (C=O) groups excluding carboxylic acids is 1. The maximum absolute atomic E-state index is 11.0. The molecule has 0 heterocycles.